The maximum atomic E-state index is 2.64. The summed E-state index contributed by atoms with van der Waals surface area (Å²) < 4.78 is 0. The van der Waals surface area contributed by atoms with Crippen LogP contribution in [-0.2, 0) is 21.7 Å². The molecule has 2 aliphatic rings. The quantitative estimate of drug-likeness (QED) is 0.266. The molecule has 0 bridgehead atoms. The van der Waals surface area contributed by atoms with Crippen molar-refractivity contribution in [1.82, 2.24) is 0 Å². The summed E-state index contributed by atoms with van der Waals surface area (Å²) in [6.45, 7) is 29.7. The van der Waals surface area contributed by atoms with Gasteiger partial charge in [0.15, 0.2) is 0 Å². The summed E-state index contributed by atoms with van der Waals surface area (Å²) in [5, 5.41) is 9.30. The van der Waals surface area contributed by atoms with E-state index in [1.165, 1.54) is 58.4 Å². The van der Waals surface area contributed by atoms with Gasteiger partial charge in [-0.25, -0.2) is 0 Å². The number of aryl methyl sites for hydroxylation is 2. The Morgan fingerprint density at radius 2 is 0.756 bits per heavy atom. The standard InChI is InChI=1S/C38H50Si.2Li/c1-23-17-25-19-29-31(37(7,8)15-13-35(29,3)4)21-27(25)33(23)39(11,12)34-24(2)18-26-20-30-32(22-28(26)34)38(9,10)16-14-36(30,5)6;;/h17-22H,13-16H2,1-12H3;;/q-2;2*+1. The summed E-state index contributed by atoms with van der Waals surface area (Å²) in [5.41, 5.74) is 10.3. The van der Waals surface area contributed by atoms with Crippen LogP contribution in [0, 0.1) is 13.8 Å². The van der Waals surface area contributed by atoms with E-state index < -0.39 is 8.07 Å². The van der Waals surface area contributed by atoms with Gasteiger partial charge in [-0.15, -0.1) is 67.3 Å². The number of fused-ring (bicyclic) bond motifs is 4. The molecular weight excluding hydrogens is 498 g/mol. The summed E-state index contributed by atoms with van der Waals surface area (Å²) in [4.78, 5) is 0. The fourth-order valence-electron chi connectivity index (χ4n) is 8.75. The zero-order valence-corrected chi connectivity index (χ0v) is 29.8. The molecule has 0 heterocycles. The minimum atomic E-state index is -2.02. The third kappa shape index (κ3) is 4.86. The van der Waals surface area contributed by atoms with E-state index in [-0.39, 0.29) is 59.4 Å². The Morgan fingerprint density at radius 1 is 0.488 bits per heavy atom. The van der Waals surface area contributed by atoms with Gasteiger partial charge in [-0.3, -0.25) is 0 Å². The Hall–Kier alpha value is -0.928. The molecule has 0 saturated carbocycles. The SMILES string of the molecule is Cc1cc2cc3c(cc2[c-]1[Si](C)(C)[c-]1c(C)cc2cc4c(cc21)C(C)(C)CCC4(C)C)C(C)(C)CCC3(C)C.[Li+].[Li+]. The molecule has 0 nitrogen and oxygen atoms in total. The van der Waals surface area contributed by atoms with Gasteiger partial charge < -0.3 is 0 Å². The van der Waals surface area contributed by atoms with Gasteiger partial charge in [0, 0.05) is 8.07 Å². The molecule has 0 fully saturated rings. The molecule has 3 heteroatoms. The molecule has 0 aromatic heterocycles. The number of benzene rings is 2. The van der Waals surface area contributed by atoms with Crippen LogP contribution in [0.25, 0.3) is 21.5 Å². The molecule has 0 saturated heterocycles. The molecule has 0 radical (unpaired) electrons. The van der Waals surface area contributed by atoms with Gasteiger partial charge in [-0.05, 0) is 47.3 Å². The van der Waals surface area contributed by atoms with Crippen LogP contribution in [0.4, 0.5) is 0 Å². The molecule has 0 atom stereocenters. The molecule has 2 aliphatic carbocycles. The fourth-order valence-corrected chi connectivity index (χ4v) is 12.9. The van der Waals surface area contributed by atoms with E-state index >= 15 is 0 Å². The molecule has 0 aliphatic heterocycles. The maximum absolute atomic E-state index is 2.64. The van der Waals surface area contributed by atoms with Crippen molar-refractivity contribution in [1.29, 1.82) is 0 Å². The van der Waals surface area contributed by atoms with Crippen LogP contribution < -0.4 is 48.1 Å². The van der Waals surface area contributed by atoms with Crippen molar-refractivity contribution >= 4 is 40.0 Å². The zero-order chi connectivity index (χ0) is 28.5. The third-order valence-corrected chi connectivity index (χ3v) is 15.2. The fraction of sp³-hybridized carbons (Fsp3) is 0.526. The van der Waals surface area contributed by atoms with Gasteiger partial charge in [0.25, 0.3) is 0 Å². The van der Waals surface area contributed by atoms with Crippen LogP contribution in [0.15, 0.2) is 36.4 Å². The summed E-state index contributed by atoms with van der Waals surface area (Å²) in [7, 11) is -2.02. The van der Waals surface area contributed by atoms with E-state index in [4.69, 9.17) is 0 Å². The summed E-state index contributed by atoms with van der Waals surface area (Å²) in [5.74, 6) is 0. The van der Waals surface area contributed by atoms with E-state index in [0.29, 0.717) is 0 Å². The molecule has 0 amide bonds. The number of hydrogen-bond acceptors (Lipinski definition) is 0. The van der Waals surface area contributed by atoms with Crippen LogP contribution in [0.2, 0.25) is 13.1 Å². The first kappa shape index (κ1) is 33.0. The first-order chi connectivity index (χ1) is 17.9. The smallest absolute Gasteiger partial charge is 0.165 e. The minimum absolute atomic E-state index is 0. The van der Waals surface area contributed by atoms with E-state index in [1.807, 2.05) is 0 Å². The average Bonchev–Trinajstić information content (AvgIpc) is 3.33. The third-order valence-electron chi connectivity index (χ3n) is 11.4. The van der Waals surface area contributed by atoms with E-state index in [1.54, 1.807) is 32.6 Å². The van der Waals surface area contributed by atoms with Crippen molar-refractivity contribution in [2.24, 2.45) is 0 Å². The summed E-state index contributed by atoms with van der Waals surface area (Å²) in [6.07, 6.45) is 5.05. The van der Waals surface area contributed by atoms with Crippen molar-refractivity contribution in [2.45, 2.75) is 130 Å². The van der Waals surface area contributed by atoms with Crippen molar-refractivity contribution < 1.29 is 37.7 Å². The summed E-state index contributed by atoms with van der Waals surface area (Å²) >= 11 is 0. The minimum Gasteiger partial charge on any atom is -0.165 e. The average molecular weight is 549 g/mol. The zero-order valence-electron chi connectivity index (χ0n) is 28.8. The molecule has 0 unspecified atom stereocenters. The largest absolute Gasteiger partial charge is 1.00 e. The topological polar surface area (TPSA) is 0 Å². The Bertz CT molecular complexity index is 1530. The van der Waals surface area contributed by atoms with Gasteiger partial charge in [-0.1, -0.05) is 105 Å². The Balaban J connectivity index is 0.00000194. The second kappa shape index (κ2) is 10.0. The first-order valence-corrected chi connectivity index (χ1v) is 18.4. The van der Waals surface area contributed by atoms with Gasteiger partial charge in [0.05, 0.1) is 0 Å². The van der Waals surface area contributed by atoms with Gasteiger partial charge in [0.1, 0.15) is 0 Å². The Kier molecular flexibility index (Phi) is 8.08. The monoisotopic (exact) mass is 548 g/mol. The first-order valence-electron chi connectivity index (χ1n) is 15.4. The van der Waals surface area contributed by atoms with Gasteiger partial charge in [-0.2, -0.15) is 12.1 Å². The van der Waals surface area contributed by atoms with Crippen molar-refractivity contribution in [3.05, 3.63) is 69.8 Å². The van der Waals surface area contributed by atoms with Crippen LogP contribution in [-0.4, -0.2) is 8.07 Å². The van der Waals surface area contributed by atoms with Crippen LogP contribution in [0.3, 0.4) is 0 Å². The van der Waals surface area contributed by atoms with Crippen molar-refractivity contribution in [3.63, 3.8) is 0 Å². The number of hydrogen-bond donors (Lipinski definition) is 0. The van der Waals surface area contributed by atoms with Crippen molar-refractivity contribution in [3.8, 4) is 0 Å². The van der Waals surface area contributed by atoms with Crippen molar-refractivity contribution in [2.75, 3.05) is 0 Å². The Morgan fingerprint density at radius 3 is 1.05 bits per heavy atom. The van der Waals surface area contributed by atoms with Gasteiger partial charge >= 0.3 is 37.7 Å². The second-order valence-electron chi connectivity index (χ2n) is 16.5. The van der Waals surface area contributed by atoms with E-state index in [9.17, 15) is 0 Å². The molecule has 4 aromatic rings. The van der Waals surface area contributed by atoms with Gasteiger partial charge in [0.2, 0.25) is 0 Å². The van der Waals surface area contributed by atoms with Crippen LogP contribution >= 0.6 is 0 Å². The molecule has 0 spiro atoms. The summed E-state index contributed by atoms with van der Waals surface area (Å²) in [6, 6.07) is 15.4. The maximum Gasteiger partial charge on any atom is 1.00 e. The predicted molar refractivity (Wildman–Crippen MR) is 176 cm³/mol. The predicted octanol–water partition coefficient (Wildman–Crippen LogP) is 3.58. The molecule has 41 heavy (non-hydrogen) atoms. The second-order valence-corrected chi connectivity index (χ2v) is 20.8. The van der Waals surface area contributed by atoms with E-state index in [0.717, 1.165) is 0 Å². The van der Waals surface area contributed by atoms with E-state index in [2.05, 4.69) is 119 Å². The molecule has 6 rings (SSSR count). The normalized spacial score (nSPS) is 20.2. The Labute approximate surface area is 275 Å². The molecular formula is C38H50Li2Si. The molecule has 0 N–H and O–H groups in total. The molecule has 208 valence electrons. The number of rotatable bonds is 2. The molecule has 4 aromatic carbocycles. The van der Waals surface area contributed by atoms with Crippen LogP contribution in [0.5, 0.6) is 0 Å². The van der Waals surface area contributed by atoms with Crippen LogP contribution in [0.1, 0.15) is 114 Å².